The maximum absolute atomic E-state index is 3.63. The van der Waals surface area contributed by atoms with Crippen LogP contribution in [-0.4, -0.2) is 6.54 Å². The van der Waals surface area contributed by atoms with Crippen molar-refractivity contribution in [3.8, 4) is 11.1 Å². The molecule has 0 amide bonds. The number of rotatable bonds is 6. The van der Waals surface area contributed by atoms with Crippen LogP contribution in [0.2, 0.25) is 0 Å². The first-order valence-corrected chi connectivity index (χ1v) is 9.05. The van der Waals surface area contributed by atoms with E-state index in [-0.39, 0.29) is 0 Å². The molecule has 1 nitrogen and oxygen atoms in total. The summed E-state index contributed by atoms with van der Waals surface area (Å²) < 4.78 is 1.38. The van der Waals surface area contributed by atoms with Crippen LogP contribution in [0.15, 0.2) is 47.8 Å². The van der Waals surface area contributed by atoms with Gasteiger partial charge in [-0.3, -0.25) is 0 Å². The predicted molar refractivity (Wildman–Crippen MR) is 100 cm³/mol. The molecule has 0 aliphatic rings. The maximum atomic E-state index is 3.63. The lowest BCUT2D eigenvalue weighted by atomic mass is 9.93. The molecule has 0 atom stereocenters. The zero-order chi connectivity index (χ0) is 15.4. The van der Waals surface area contributed by atoms with Crippen molar-refractivity contribution < 1.29 is 0 Å². The van der Waals surface area contributed by atoms with Crippen LogP contribution < -0.4 is 5.32 Å². The van der Waals surface area contributed by atoms with Gasteiger partial charge >= 0.3 is 0 Å². The van der Waals surface area contributed by atoms with Crippen LogP contribution in [-0.2, 0) is 6.42 Å². The van der Waals surface area contributed by atoms with Gasteiger partial charge in [-0.05, 0) is 53.8 Å². The summed E-state index contributed by atoms with van der Waals surface area (Å²) >= 11 is 1.83. The number of nitrogens with one attached hydrogen (secondary N) is 1. The molecule has 0 saturated heterocycles. The zero-order valence-electron chi connectivity index (χ0n) is 13.4. The maximum Gasteiger partial charge on any atom is 0.0603 e. The highest BCUT2D eigenvalue weighted by molar-refractivity contribution is 7.18. The normalized spacial score (nSPS) is 11.0. The highest BCUT2D eigenvalue weighted by Gasteiger charge is 2.15. The zero-order valence-corrected chi connectivity index (χ0v) is 14.2. The van der Waals surface area contributed by atoms with Gasteiger partial charge in [0, 0.05) is 12.1 Å². The fourth-order valence-corrected chi connectivity index (χ4v) is 3.92. The summed E-state index contributed by atoms with van der Waals surface area (Å²) in [4.78, 5) is 0. The molecule has 3 rings (SSSR count). The summed E-state index contributed by atoms with van der Waals surface area (Å²) in [5.74, 6) is 0. The van der Waals surface area contributed by atoms with Gasteiger partial charge in [0.2, 0.25) is 0 Å². The van der Waals surface area contributed by atoms with Crippen LogP contribution in [0.1, 0.15) is 32.3 Å². The average molecular weight is 309 g/mol. The van der Waals surface area contributed by atoms with E-state index in [0.29, 0.717) is 0 Å². The molecule has 0 fully saturated rings. The van der Waals surface area contributed by atoms with Gasteiger partial charge in [-0.1, -0.05) is 43.7 Å². The van der Waals surface area contributed by atoms with E-state index in [9.17, 15) is 0 Å². The third kappa shape index (κ3) is 2.89. The number of hydrogen-bond donors (Lipinski definition) is 1. The second kappa shape index (κ2) is 6.97. The summed E-state index contributed by atoms with van der Waals surface area (Å²) in [5, 5.41) is 7.20. The van der Waals surface area contributed by atoms with Crippen molar-refractivity contribution in [3.05, 3.63) is 53.4 Å². The Hall–Kier alpha value is -1.80. The fraction of sp³-hybridized carbons (Fsp3) is 0.300. The van der Waals surface area contributed by atoms with Crippen molar-refractivity contribution in [2.45, 2.75) is 33.1 Å². The smallest absolute Gasteiger partial charge is 0.0603 e. The molecule has 0 aliphatic carbocycles. The van der Waals surface area contributed by atoms with E-state index in [2.05, 4.69) is 67.0 Å². The molecule has 114 valence electrons. The Morgan fingerprint density at radius 2 is 1.86 bits per heavy atom. The van der Waals surface area contributed by atoms with E-state index < -0.39 is 0 Å². The van der Waals surface area contributed by atoms with Crippen molar-refractivity contribution in [2.75, 3.05) is 11.9 Å². The quantitative estimate of drug-likeness (QED) is 0.560. The van der Waals surface area contributed by atoms with Crippen LogP contribution in [0, 0.1) is 0 Å². The van der Waals surface area contributed by atoms with E-state index >= 15 is 0 Å². The number of benzene rings is 2. The SMILES string of the molecule is CCCCc1cc2ccsc2c(NCC)c1-c1ccccc1. The molecule has 3 aromatic rings. The number of aryl methyl sites for hydroxylation is 1. The van der Waals surface area contributed by atoms with Gasteiger partial charge in [-0.2, -0.15) is 0 Å². The average Bonchev–Trinajstić information content (AvgIpc) is 3.02. The minimum atomic E-state index is 0.948. The van der Waals surface area contributed by atoms with Crippen LogP contribution in [0.25, 0.3) is 21.2 Å². The first-order chi connectivity index (χ1) is 10.8. The van der Waals surface area contributed by atoms with Gasteiger partial charge in [-0.15, -0.1) is 11.3 Å². The Bertz CT molecular complexity index is 743. The standard InChI is InChI=1S/C20H23NS/c1-3-5-9-16-14-17-12-13-22-20(17)19(21-4-2)18(16)15-10-7-6-8-11-15/h6-8,10-14,21H,3-5,9H2,1-2H3. The Balaban J connectivity index is 2.25. The van der Waals surface area contributed by atoms with E-state index in [1.54, 1.807) is 0 Å². The molecule has 0 unspecified atom stereocenters. The largest absolute Gasteiger partial charge is 0.384 e. The van der Waals surface area contributed by atoms with Crippen molar-refractivity contribution in [2.24, 2.45) is 0 Å². The third-order valence-corrected chi connectivity index (χ3v) is 4.99. The van der Waals surface area contributed by atoms with Crippen LogP contribution >= 0.6 is 11.3 Å². The number of thiophene rings is 1. The molecule has 22 heavy (non-hydrogen) atoms. The summed E-state index contributed by atoms with van der Waals surface area (Å²) in [7, 11) is 0. The summed E-state index contributed by atoms with van der Waals surface area (Å²) in [6.07, 6.45) is 3.61. The summed E-state index contributed by atoms with van der Waals surface area (Å²) in [6.45, 7) is 5.38. The molecule has 1 N–H and O–H groups in total. The molecular weight excluding hydrogens is 286 g/mol. The number of fused-ring (bicyclic) bond motifs is 1. The second-order valence-corrected chi connectivity index (χ2v) is 6.54. The number of anilines is 1. The van der Waals surface area contributed by atoms with Crippen molar-refractivity contribution in [3.63, 3.8) is 0 Å². The van der Waals surface area contributed by atoms with E-state index in [0.717, 1.165) is 13.0 Å². The Kier molecular flexibility index (Phi) is 4.79. The summed E-state index contributed by atoms with van der Waals surface area (Å²) in [6, 6.07) is 15.4. The molecule has 1 heterocycles. The van der Waals surface area contributed by atoms with Crippen molar-refractivity contribution in [1.82, 2.24) is 0 Å². The summed E-state index contributed by atoms with van der Waals surface area (Å²) in [5.41, 5.74) is 5.49. The Morgan fingerprint density at radius 1 is 1.05 bits per heavy atom. The minimum Gasteiger partial charge on any atom is -0.384 e. The lowest BCUT2D eigenvalue weighted by molar-refractivity contribution is 0.797. The first kappa shape index (κ1) is 15.1. The van der Waals surface area contributed by atoms with Crippen molar-refractivity contribution in [1.29, 1.82) is 0 Å². The lowest BCUT2D eigenvalue weighted by Crippen LogP contribution is -2.02. The van der Waals surface area contributed by atoms with E-state index in [1.807, 2.05) is 11.3 Å². The Labute approximate surface area is 137 Å². The van der Waals surface area contributed by atoms with Gasteiger partial charge in [0.15, 0.2) is 0 Å². The van der Waals surface area contributed by atoms with Crippen molar-refractivity contribution >= 4 is 27.1 Å². The molecule has 0 aliphatic heterocycles. The Morgan fingerprint density at radius 3 is 2.59 bits per heavy atom. The molecule has 1 aromatic heterocycles. The highest BCUT2D eigenvalue weighted by atomic mass is 32.1. The highest BCUT2D eigenvalue weighted by Crippen LogP contribution is 2.41. The van der Waals surface area contributed by atoms with Gasteiger partial charge in [-0.25, -0.2) is 0 Å². The topological polar surface area (TPSA) is 12.0 Å². The van der Waals surface area contributed by atoms with Crippen LogP contribution in [0.3, 0.4) is 0 Å². The molecule has 0 saturated carbocycles. The molecule has 0 radical (unpaired) electrons. The van der Waals surface area contributed by atoms with Gasteiger partial charge < -0.3 is 5.32 Å². The van der Waals surface area contributed by atoms with Gasteiger partial charge in [0.25, 0.3) is 0 Å². The fourth-order valence-electron chi connectivity index (χ4n) is 3.01. The minimum absolute atomic E-state index is 0.948. The predicted octanol–water partition coefficient (Wildman–Crippen LogP) is 6.34. The second-order valence-electron chi connectivity index (χ2n) is 5.62. The van der Waals surface area contributed by atoms with Crippen LogP contribution in [0.5, 0.6) is 0 Å². The third-order valence-electron chi connectivity index (χ3n) is 4.04. The number of hydrogen-bond acceptors (Lipinski definition) is 2. The molecule has 2 heteroatoms. The molecule has 0 bridgehead atoms. The van der Waals surface area contributed by atoms with Crippen LogP contribution in [0.4, 0.5) is 5.69 Å². The van der Waals surface area contributed by atoms with E-state index in [4.69, 9.17) is 0 Å². The molecule has 2 aromatic carbocycles. The first-order valence-electron chi connectivity index (χ1n) is 8.17. The van der Waals surface area contributed by atoms with Gasteiger partial charge in [0.05, 0.1) is 10.4 Å². The molecular formula is C20H23NS. The lowest BCUT2D eigenvalue weighted by Gasteiger charge is -2.17. The van der Waals surface area contributed by atoms with Gasteiger partial charge in [0.1, 0.15) is 0 Å². The monoisotopic (exact) mass is 309 g/mol. The van der Waals surface area contributed by atoms with E-state index in [1.165, 1.54) is 45.3 Å². The number of unbranched alkanes of at least 4 members (excludes halogenated alkanes) is 1. The molecule has 0 spiro atoms.